The highest BCUT2D eigenvalue weighted by Gasteiger charge is 2.19. The fraction of sp³-hybridized carbons (Fsp3) is 0.200. The average molecular weight is 171 g/mol. The van der Waals surface area contributed by atoms with Crippen molar-refractivity contribution < 1.29 is 0 Å². The van der Waals surface area contributed by atoms with E-state index < -0.39 is 17.2 Å². The van der Waals surface area contributed by atoms with E-state index in [1.165, 1.54) is 0 Å². The van der Waals surface area contributed by atoms with E-state index in [4.69, 9.17) is 11.5 Å². The summed E-state index contributed by atoms with van der Waals surface area (Å²) in [5.41, 5.74) is 9.40. The molecular weight excluding hydrogens is 162 g/mol. The summed E-state index contributed by atoms with van der Waals surface area (Å²) in [6.07, 6.45) is 1.14. The van der Waals surface area contributed by atoms with Crippen molar-refractivity contribution in [3.8, 4) is 0 Å². The number of nitrogens with one attached hydrogen (secondary N) is 2. The summed E-state index contributed by atoms with van der Waals surface area (Å²) >= 11 is 0. The molecule has 0 saturated heterocycles. The van der Waals surface area contributed by atoms with Crippen molar-refractivity contribution in [1.82, 2.24) is 14.8 Å². The summed E-state index contributed by atoms with van der Waals surface area (Å²) in [7, 11) is 0. The van der Waals surface area contributed by atoms with Gasteiger partial charge in [0.25, 0.3) is 0 Å². The second-order valence-electron chi connectivity index (χ2n) is 2.30. The van der Waals surface area contributed by atoms with Gasteiger partial charge in [-0.2, -0.15) is 4.68 Å². The zero-order chi connectivity index (χ0) is 9.35. The van der Waals surface area contributed by atoms with Crippen molar-refractivity contribution in [2.75, 3.05) is 0 Å². The van der Waals surface area contributed by atoms with Crippen LogP contribution in [0.1, 0.15) is 0 Å². The van der Waals surface area contributed by atoms with Crippen molar-refractivity contribution in [3.05, 3.63) is 33.6 Å². The molecule has 0 spiro atoms. The Hall–Kier alpha value is -1.60. The number of aromatic nitrogens is 3. The van der Waals surface area contributed by atoms with Crippen molar-refractivity contribution in [2.24, 2.45) is 11.5 Å². The van der Waals surface area contributed by atoms with Crippen LogP contribution in [0, 0.1) is 0 Å². The molecule has 0 amide bonds. The van der Waals surface area contributed by atoms with Crippen LogP contribution in [0.25, 0.3) is 0 Å². The van der Waals surface area contributed by atoms with Crippen LogP contribution in [0.15, 0.2) is 22.2 Å². The second kappa shape index (κ2) is 2.47. The average Bonchev–Trinajstić information content (AvgIpc) is 2.31. The van der Waals surface area contributed by atoms with Crippen LogP contribution in [0.4, 0.5) is 0 Å². The van der Waals surface area contributed by atoms with Gasteiger partial charge in [0.1, 0.15) is 0 Å². The van der Waals surface area contributed by atoms with E-state index in [-0.39, 0.29) is 0 Å². The van der Waals surface area contributed by atoms with Crippen molar-refractivity contribution in [1.29, 1.82) is 0 Å². The third-order valence-corrected chi connectivity index (χ3v) is 1.35. The predicted molar refractivity (Wildman–Crippen MR) is 42.2 cm³/mol. The quantitative estimate of drug-likeness (QED) is 0.292. The van der Waals surface area contributed by atoms with Gasteiger partial charge in [-0.05, 0) is 6.08 Å². The molecule has 66 valence electrons. The maximum Gasteiger partial charge on any atom is 0.347 e. The fourth-order valence-electron chi connectivity index (χ4n) is 0.697. The Morgan fingerprint density at radius 1 is 1.50 bits per heavy atom. The molecule has 0 atom stereocenters. The molecule has 1 heterocycles. The van der Waals surface area contributed by atoms with Gasteiger partial charge < -0.3 is 0 Å². The second-order valence-corrected chi connectivity index (χ2v) is 2.30. The maximum absolute atomic E-state index is 10.9. The molecule has 6 N–H and O–H groups in total. The van der Waals surface area contributed by atoms with Gasteiger partial charge >= 0.3 is 11.4 Å². The summed E-state index contributed by atoms with van der Waals surface area (Å²) in [6.45, 7) is 3.31. The molecule has 0 fully saturated rings. The lowest BCUT2D eigenvalue weighted by Crippen LogP contribution is -2.54. The van der Waals surface area contributed by atoms with Gasteiger partial charge in [0.05, 0.1) is 0 Å². The van der Waals surface area contributed by atoms with Crippen LogP contribution in [-0.2, 0) is 5.79 Å². The van der Waals surface area contributed by atoms with E-state index in [1.807, 2.05) is 4.98 Å². The molecule has 0 aromatic carbocycles. The molecule has 12 heavy (non-hydrogen) atoms. The summed E-state index contributed by atoms with van der Waals surface area (Å²) in [6, 6.07) is 0. The smallest absolute Gasteiger partial charge is 0.291 e. The molecule has 0 aliphatic carbocycles. The number of H-pyrrole nitrogens is 2. The van der Waals surface area contributed by atoms with E-state index in [9.17, 15) is 9.59 Å². The first-order valence-corrected chi connectivity index (χ1v) is 3.10. The molecule has 7 nitrogen and oxygen atoms in total. The van der Waals surface area contributed by atoms with Crippen molar-refractivity contribution >= 4 is 0 Å². The van der Waals surface area contributed by atoms with Crippen LogP contribution >= 0.6 is 0 Å². The lowest BCUT2D eigenvalue weighted by atomic mass is 10.4. The molecule has 7 heteroatoms. The third-order valence-electron chi connectivity index (χ3n) is 1.35. The number of hydrogen-bond donors (Lipinski definition) is 4. The zero-order valence-corrected chi connectivity index (χ0v) is 6.20. The fourth-order valence-corrected chi connectivity index (χ4v) is 0.697. The van der Waals surface area contributed by atoms with Crippen LogP contribution in [-0.4, -0.2) is 14.8 Å². The summed E-state index contributed by atoms with van der Waals surface area (Å²) in [5, 5.41) is 2.11. The van der Waals surface area contributed by atoms with Gasteiger partial charge in [0.15, 0.2) is 5.79 Å². The van der Waals surface area contributed by atoms with Gasteiger partial charge in [-0.1, -0.05) is 6.58 Å². The highest BCUT2D eigenvalue weighted by molar-refractivity contribution is 4.90. The van der Waals surface area contributed by atoms with Crippen LogP contribution in [0.2, 0.25) is 0 Å². The van der Waals surface area contributed by atoms with Crippen LogP contribution < -0.4 is 22.8 Å². The minimum atomic E-state index is -1.57. The van der Waals surface area contributed by atoms with E-state index in [0.717, 1.165) is 10.8 Å². The first-order valence-electron chi connectivity index (χ1n) is 3.10. The van der Waals surface area contributed by atoms with Gasteiger partial charge in [-0.25, -0.2) is 14.7 Å². The highest BCUT2D eigenvalue weighted by Crippen LogP contribution is 1.92. The Kier molecular flexibility index (Phi) is 1.75. The minimum absolute atomic E-state index is 0.665. The number of rotatable bonds is 2. The number of hydrogen-bond acceptors (Lipinski definition) is 4. The Balaban J connectivity index is 3.37. The molecule has 1 aromatic heterocycles. The number of nitrogens with zero attached hydrogens (tertiary/aromatic N) is 1. The standard InChI is InChI=1S/C5H9N5O2/c1-2-5(6,7)10-4(12)8-3(11)9-10/h2H,1,6-7H2,(H2,8,9,11,12). The summed E-state index contributed by atoms with van der Waals surface area (Å²) in [5.74, 6) is -1.57. The third kappa shape index (κ3) is 1.22. The van der Waals surface area contributed by atoms with Gasteiger partial charge in [0.2, 0.25) is 0 Å². The molecule has 0 bridgehead atoms. The normalized spacial score (nSPS) is 11.5. The minimum Gasteiger partial charge on any atom is -0.291 e. The van der Waals surface area contributed by atoms with Crippen LogP contribution in [0.5, 0.6) is 0 Å². The Morgan fingerprint density at radius 2 is 2.08 bits per heavy atom. The molecule has 0 radical (unpaired) electrons. The van der Waals surface area contributed by atoms with Crippen molar-refractivity contribution in [2.45, 2.75) is 5.79 Å². The van der Waals surface area contributed by atoms with E-state index in [2.05, 4.69) is 11.7 Å². The molecule has 0 aliphatic heterocycles. The predicted octanol–water partition coefficient (Wildman–Crippen LogP) is -2.42. The Morgan fingerprint density at radius 3 is 2.42 bits per heavy atom. The topological polar surface area (TPSA) is 123 Å². The zero-order valence-electron chi connectivity index (χ0n) is 6.20. The van der Waals surface area contributed by atoms with E-state index in [1.54, 1.807) is 0 Å². The van der Waals surface area contributed by atoms with Gasteiger partial charge in [-0.15, -0.1) is 0 Å². The lowest BCUT2D eigenvalue weighted by molar-refractivity contribution is 0.348. The lowest BCUT2D eigenvalue weighted by Gasteiger charge is -2.18. The molecule has 1 aromatic rings. The molecule has 0 unspecified atom stereocenters. The van der Waals surface area contributed by atoms with Gasteiger partial charge in [-0.3, -0.25) is 16.5 Å². The summed E-state index contributed by atoms with van der Waals surface area (Å²) < 4.78 is 0.752. The molecule has 0 aliphatic rings. The van der Waals surface area contributed by atoms with E-state index in [0.29, 0.717) is 0 Å². The first-order chi connectivity index (χ1) is 5.47. The Bertz CT molecular complexity index is 394. The van der Waals surface area contributed by atoms with Crippen LogP contribution in [0.3, 0.4) is 0 Å². The molecular formula is C5H9N5O2. The monoisotopic (exact) mass is 171 g/mol. The summed E-state index contributed by atoms with van der Waals surface area (Å²) in [4.78, 5) is 23.4. The highest BCUT2D eigenvalue weighted by atomic mass is 16.2. The van der Waals surface area contributed by atoms with E-state index >= 15 is 0 Å². The molecule has 0 saturated carbocycles. The number of aromatic amines is 2. The maximum atomic E-state index is 10.9. The number of nitrogens with two attached hydrogens (primary N) is 2. The first kappa shape index (κ1) is 8.50. The SMILES string of the molecule is C=CC(N)(N)n1[nH]c(=O)[nH]c1=O. The van der Waals surface area contributed by atoms with Crippen molar-refractivity contribution in [3.63, 3.8) is 0 Å². The molecule has 1 rings (SSSR count). The van der Waals surface area contributed by atoms with Gasteiger partial charge in [0, 0.05) is 0 Å². The Labute approximate surface area is 66.7 Å². The largest absolute Gasteiger partial charge is 0.347 e.